The maximum absolute atomic E-state index is 12.8. The lowest BCUT2D eigenvalue weighted by Gasteiger charge is -2.27. The van der Waals surface area contributed by atoms with Gasteiger partial charge < -0.3 is 15.4 Å². The minimum Gasteiger partial charge on any atom is -0.489 e. The summed E-state index contributed by atoms with van der Waals surface area (Å²) in [6, 6.07) is 8.87. The van der Waals surface area contributed by atoms with Gasteiger partial charge in [-0.15, -0.1) is 0 Å². The number of ether oxygens (including phenoxy) is 1. The molecule has 3 aliphatic heterocycles. The van der Waals surface area contributed by atoms with Crippen molar-refractivity contribution in [2.75, 3.05) is 32.0 Å². The minimum absolute atomic E-state index is 0.0766. The van der Waals surface area contributed by atoms with Crippen molar-refractivity contribution in [3.05, 3.63) is 46.5 Å². The fourth-order valence-corrected chi connectivity index (χ4v) is 5.21. The Morgan fingerprint density at radius 1 is 1.26 bits per heavy atom. The van der Waals surface area contributed by atoms with Crippen molar-refractivity contribution in [1.29, 1.82) is 0 Å². The summed E-state index contributed by atoms with van der Waals surface area (Å²) >= 11 is 1.28. The molecule has 5 rings (SSSR count). The number of nitrogens with two attached hydrogens (primary N) is 1. The van der Waals surface area contributed by atoms with Gasteiger partial charge in [-0.2, -0.15) is 0 Å². The molecule has 2 N–H and O–H groups in total. The predicted octanol–water partition coefficient (Wildman–Crippen LogP) is 2.49. The molecule has 0 saturated carbocycles. The van der Waals surface area contributed by atoms with Crippen LogP contribution in [0.5, 0.6) is 5.75 Å². The first-order chi connectivity index (χ1) is 13.2. The van der Waals surface area contributed by atoms with Gasteiger partial charge in [-0.05, 0) is 30.6 Å². The van der Waals surface area contributed by atoms with Gasteiger partial charge in [0.2, 0.25) is 0 Å². The highest BCUT2D eigenvalue weighted by atomic mass is 32.1. The lowest BCUT2D eigenvalue weighted by Crippen LogP contribution is -2.40. The molecular formula is C20H22N4O2S. The van der Waals surface area contributed by atoms with E-state index in [1.807, 2.05) is 23.1 Å². The van der Waals surface area contributed by atoms with Crippen LogP contribution in [-0.4, -0.2) is 59.0 Å². The van der Waals surface area contributed by atoms with E-state index in [0.29, 0.717) is 28.7 Å². The Kier molecular flexibility index (Phi) is 4.13. The number of aromatic nitrogens is 1. The van der Waals surface area contributed by atoms with Gasteiger partial charge >= 0.3 is 0 Å². The normalized spacial score (nSPS) is 24.3. The molecule has 1 amide bonds. The molecule has 1 aromatic carbocycles. The topological polar surface area (TPSA) is 71.7 Å². The number of carbonyl (C=O) groups is 1. The van der Waals surface area contributed by atoms with Crippen molar-refractivity contribution in [2.45, 2.75) is 24.9 Å². The van der Waals surface area contributed by atoms with Crippen LogP contribution in [0.2, 0.25) is 0 Å². The molecule has 27 heavy (non-hydrogen) atoms. The van der Waals surface area contributed by atoms with E-state index in [0.717, 1.165) is 43.8 Å². The van der Waals surface area contributed by atoms with E-state index in [1.54, 1.807) is 6.20 Å². The number of thiazole rings is 1. The standard InChI is InChI=1S/C20H22N4O2S/c21-20-22-10-18(27-20)19(25)24-8-6-15-16(24)5-7-23(15)11-13-9-14-3-1-2-4-17(14)26-12-13/h1-4,9-10,15-16H,5-8,11-12H2,(H2,21,22)/t15-,16-/m0/s1. The fourth-order valence-electron chi connectivity index (χ4n) is 4.57. The van der Waals surface area contributed by atoms with Crippen molar-refractivity contribution >= 4 is 28.5 Å². The maximum Gasteiger partial charge on any atom is 0.265 e. The van der Waals surface area contributed by atoms with Gasteiger partial charge in [0.15, 0.2) is 5.13 Å². The number of nitrogens with zero attached hydrogens (tertiary/aromatic N) is 3. The quantitative estimate of drug-likeness (QED) is 0.883. The average Bonchev–Trinajstić information content (AvgIpc) is 3.39. The van der Waals surface area contributed by atoms with E-state index in [1.165, 1.54) is 16.9 Å². The molecule has 1 aromatic heterocycles. The molecule has 0 aliphatic carbocycles. The number of likely N-dealkylation sites (tertiary alicyclic amines) is 2. The zero-order valence-electron chi connectivity index (χ0n) is 15.0. The van der Waals surface area contributed by atoms with Crippen molar-refractivity contribution in [3.63, 3.8) is 0 Å². The van der Waals surface area contributed by atoms with Crippen LogP contribution in [0.4, 0.5) is 5.13 Å². The smallest absolute Gasteiger partial charge is 0.265 e. The van der Waals surface area contributed by atoms with Gasteiger partial charge in [0.25, 0.3) is 5.91 Å². The Morgan fingerprint density at radius 3 is 2.96 bits per heavy atom. The first kappa shape index (κ1) is 16.8. The first-order valence-electron chi connectivity index (χ1n) is 9.36. The lowest BCUT2D eigenvalue weighted by atomic mass is 10.1. The van der Waals surface area contributed by atoms with Crippen molar-refractivity contribution in [3.8, 4) is 5.75 Å². The average molecular weight is 382 g/mol. The van der Waals surface area contributed by atoms with Crippen LogP contribution in [0.3, 0.4) is 0 Å². The summed E-state index contributed by atoms with van der Waals surface area (Å²) in [6.45, 7) is 3.38. The third-order valence-corrected chi connectivity index (χ3v) is 6.60. The molecule has 4 heterocycles. The summed E-state index contributed by atoms with van der Waals surface area (Å²) in [7, 11) is 0. The van der Waals surface area contributed by atoms with Crippen LogP contribution in [0.15, 0.2) is 36.0 Å². The first-order valence-corrected chi connectivity index (χ1v) is 10.2. The largest absolute Gasteiger partial charge is 0.489 e. The summed E-state index contributed by atoms with van der Waals surface area (Å²) in [5.41, 5.74) is 8.15. The van der Waals surface area contributed by atoms with E-state index in [-0.39, 0.29) is 5.91 Å². The SMILES string of the molecule is Nc1ncc(C(=O)N2CC[C@H]3[C@@H]2CCN3CC2=Cc3ccccc3OC2)s1. The number of benzene rings is 1. The number of hydrogen-bond donors (Lipinski definition) is 1. The molecule has 2 saturated heterocycles. The zero-order valence-corrected chi connectivity index (χ0v) is 15.8. The highest BCUT2D eigenvalue weighted by molar-refractivity contribution is 7.17. The molecule has 2 aromatic rings. The maximum atomic E-state index is 12.8. The van der Waals surface area contributed by atoms with Gasteiger partial charge in [0.1, 0.15) is 17.2 Å². The fraction of sp³-hybridized carbons (Fsp3) is 0.400. The molecule has 2 fully saturated rings. The van der Waals surface area contributed by atoms with Crippen LogP contribution < -0.4 is 10.5 Å². The monoisotopic (exact) mass is 382 g/mol. The third-order valence-electron chi connectivity index (χ3n) is 5.78. The lowest BCUT2D eigenvalue weighted by molar-refractivity contribution is 0.0737. The number of rotatable bonds is 3. The van der Waals surface area contributed by atoms with E-state index >= 15 is 0 Å². The zero-order chi connectivity index (χ0) is 18.4. The number of amides is 1. The molecule has 0 bridgehead atoms. The summed E-state index contributed by atoms with van der Waals surface area (Å²) in [5.74, 6) is 1.04. The van der Waals surface area contributed by atoms with Crippen LogP contribution in [0.25, 0.3) is 6.08 Å². The van der Waals surface area contributed by atoms with Crippen molar-refractivity contribution < 1.29 is 9.53 Å². The molecule has 3 aliphatic rings. The second-order valence-corrected chi connectivity index (χ2v) is 8.44. The molecule has 140 valence electrons. The third kappa shape index (κ3) is 3.00. The summed E-state index contributed by atoms with van der Waals surface area (Å²) in [5, 5.41) is 0.451. The predicted molar refractivity (Wildman–Crippen MR) is 106 cm³/mol. The Bertz CT molecular complexity index is 909. The van der Waals surface area contributed by atoms with Gasteiger partial charge in [-0.25, -0.2) is 4.98 Å². The van der Waals surface area contributed by atoms with E-state index in [4.69, 9.17) is 10.5 Å². The number of nitrogen functional groups attached to an aromatic ring is 1. The molecular weight excluding hydrogens is 360 g/mol. The van der Waals surface area contributed by atoms with Crippen LogP contribution in [-0.2, 0) is 0 Å². The van der Waals surface area contributed by atoms with Gasteiger partial charge in [-0.3, -0.25) is 9.69 Å². The Balaban J connectivity index is 1.28. The Labute approximate surface area is 162 Å². The molecule has 0 unspecified atom stereocenters. The van der Waals surface area contributed by atoms with Crippen LogP contribution in [0, 0.1) is 0 Å². The van der Waals surface area contributed by atoms with Gasteiger partial charge in [-0.1, -0.05) is 29.5 Å². The number of hydrogen-bond acceptors (Lipinski definition) is 6. The number of para-hydroxylation sites is 1. The Hall–Kier alpha value is -2.38. The molecule has 7 heteroatoms. The highest BCUT2D eigenvalue weighted by Crippen LogP contribution is 2.35. The number of carbonyl (C=O) groups excluding carboxylic acids is 1. The van der Waals surface area contributed by atoms with Crippen molar-refractivity contribution in [2.24, 2.45) is 0 Å². The van der Waals surface area contributed by atoms with Crippen molar-refractivity contribution in [1.82, 2.24) is 14.8 Å². The summed E-state index contributed by atoms with van der Waals surface area (Å²) in [4.78, 5) is 22.0. The molecule has 0 spiro atoms. The van der Waals surface area contributed by atoms with E-state index in [9.17, 15) is 4.79 Å². The van der Waals surface area contributed by atoms with Crippen LogP contribution >= 0.6 is 11.3 Å². The van der Waals surface area contributed by atoms with Gasteiger partial charge in [0, 0.05) is 37.3 Å². The molecule has 2 atom stereocenters. The highest BCUT2D eigenvalue weighted by Gasteiger charge is 2.44. The molecule has 0 radical (unpaired) electrons. The number of anilines is 1. The van der Waals surface area contributed by atoms with Gasteiger partial charge in [0.05, 0.1) is 6.20 Å². The summed E-state index contributed by atoms with van der Waals surface area (Å²) in [6.07, 6.45) is 5.90. The summed E-state index contributed by atoms with van der Waals surface area (Å²) < 4.78 is 5.90. The second kappa shape index (κ2) is 6.65. The van der Waals surface area contributed by atoms with E-state index in [2.05, 4.69) is 22.0 Å². The molecule has 6 nitrogen and oxygen atoms in total. The second-order valence-electron chi connectivity index (χ2n) is 7.37. The Morgan fingerprint density at radius 2 is 2.11 bits per heavy atom. The number of fused-ring (bicyclic) bond motifs is 2. The van der Waals surface area contributed by atoms with E-state index < -0.39 is 0 Å². The van der Waals surface area contributed by atoms with Crippen LogP contribution in [0.1, 0.15) is 28.1 Å². The minimum atomic E-state index is 0.0766.